The van der Waals surface area contributed by atoms with Crippen LogP contribution in [0, 0.1) is 5.82 Å². The van der Waals surface area contributed by atoms with E-state index >= 15 is 0 Å². The first-order chi connectivity index (χ1) is 11.5. The molecule has 0 saturated carbocycles. The molecule has 3 aromatic rings. The van der Waals surface area contributed by atoms with Crippen LogP contribution in [0.5, 0.6) is 0 Å². The minimum Gasteiger partial charge on any atom is -0.345 e. The molecule has 0 radical (unpaired) electrons. The number of carbonyl (C=O) groups excluding carboxylic acids is 1. The molecule has 1 amide bonds. The van der Waals surface area contributed by atoms with E-state index in [1.165, 1.54) is 12.1 Å². The van der Waals surface area contributed by atoms with Crippen LogP contribution in [0.25, 0.3) is 5.69 Å². The Labute approximate surface area is 143 Å². The number of amides is 1. The van der Waals surface area contributed by atoms with Crippen LogP contribution < -0.4 is 5.32 Å². The van der Waals surface area contributed by atoms with Gasteiger partial charge in [0.05, 0.1) is 23.0 Å². The van der Waals surface area contributed by atoms with Gasteiger partial charge in [-0.25, -0.2) is 9.37 Å². The van der Waals surface area contributed by atoms with E-state index in [-0.39, 0.29) is 22.5 Å². The fourth-order valence-corrected chi connectivity index (χ4v) is 2.63. The number of imidazole rings is 1. The van der Waals surface area contributed by atoms with Gasteiger partial charge in [0.25, 0.3) is 5.91 Å². The van der Waals surface area contributed by atoms with Gasteiger partial charge in [-0.15, -0.1) is 0 Å². The van der Waals surface area contributed by atoms with Gasteiger partial charge in [-0.2, -0.15) is 0 Å². The third-order valence-electron chi connectivity index (χ3n) is 3.72. The molecule has 0 aliphatic carbocycles. The van der Waals surface area contributed by atoms with Crippen molar-refractivity contribution < 1.29 is 9.18 Å². The van der Waals surface area contributed by atoms with Crippen LogP contribution in [0.3, 0.4) is 0 Å². The number of halogens is 2. The van der Waals surface area contributed by atoms with Gasteiger partial charge in [0.2, 0.25) is 0 Å². The van der Waals surface area contributed by atoms with Gasteiger partial charge >= 0.3 is 0 Å². The smallest absolute Gasteiger partial charge is 0.253 e. The predicted octanol–water partition coefficient (Wildman–Crippen LogP) is 4.16. The summed E-state index contributed by atoms with van der Waals surface area (Å²) in [4.78, 5) is 16.3. The molecule has 0 fully saturated rings. The summed E-state index contributed by atoms with van der Waals surface area (Å²) in [7, 11) is 0. The van der Waals surface area contributed by atoms with Crippen molar-refractivity contribution in [3.8, 4) is 5.69 Å². The lowest BCUT2D eigenvalue weighted by molar-refractivity contribution is 0.0940. The van der Waals surface area contributed by atoms with Crippen LogP contribution in [0.15, 0.2) is 61.2 Å². The molecule has 0 aliphatic heterocycles. The average Bonchev–Trinajstić information content (AvgIpc) is 3.09. The largest absolute Gasteiger partial charge is 0.345 e. The van der Waals surface area contributed by atoms with Crippen molar-refractivity contribution in [2.45, 2.75) is 13.0 Å². The van der Waals surface area contributed by atoms with Crippen LogP contribution in [-0.4, -0.2) is 15.5 Å². The van der Waals surface area contributed by atoms with Crippen LogP contribution >= 0.6 is 11.6 Å². The lowest BCUT2D eigenvalue weighted by Gasteiger charge is -2.15. The van der Waals surface area contributed by atoms with E-state index in [9.17, 15) is 9.18 Å². The molecule has 24 heavy (non-hydrogen) atoms. The van der Waals surface area contributed by atoms with Crippen molar-refractivity contribution in [2.24, 2.45) is 0 Å². The molecule has 1 unspecified atom stereocenters. The van der Waals surface area contributed by atoms with E-state index in [1.807, 2.05) is 42.0 Å². The Hall–Kier alpha value is -2.66. The number of aromatic nitrogens is 2. The number of hydrogen-bond acceptors (Lipinski definition) is 2. The maximum Gasteiger partial charge on any atom is 0.253 e. The fraction of sp³-hybridized carbons (Fsp3) is 0.111. The van der Waals surface area contributed by atoms with Crippen LogP contribution in [0.2, 0.25) is 5.02 Å². The van der Waals surface area contributed by atoms with Gasteiger partial charge in [0.1, 0.15) is 5.82 Å². The van der Waals surface area contributed by atoms with Crippen molar-refractivity contribution in [3.05, 3.63) is 83.2 Å². The molecule has 4 nitrogen and oxygen atoms in total. The molecule has 1 N–H and O–H groups in total. The van der Waals surface area contributed by atoms with Crippen LogP contribution in [0.1, 0.15) is 28.9 Å². The third kappa shape index (κ3) is 3.46. The monoisotopic (exact) mass is 343 g/mol. The van der Waals surface area contributed by atoms with Gasteiger partial charge in [-0.1, -0.05) is 23.7 Å². The molecule has 3 rings (SSSR count). The third-order valence-corrected chi connectivity index (χ3v) is 4.03. The minimum atomic E-state index is -0.473. The molecule has 0 aliphatic rings. The Morgan fingerprint density at radius 2 is 2.00 bits per heavy atom. The standard InChI is InChI=1S/C18H15ClFN3O/c1-12(22-18(24)16-7-4-14(20)10-17(16)19)13-2-5-15(6-3-13)23-9-8-21-11-23/h2-12H,1H3,(H,22,24). The van der Waals surface area contributed by atoms with Crippen molar-refractivity contribution in [1.29, 1.82) is 0 Å². The summed E-state index contributed by atoms with van der Waals surface area (Å²) in [5.41, 5.74) is 2.18. The number of hydrogen-bond donors (Lipinski definition) is 1. The van der Waals surface area contributed by atoms with Gasteiger partial charge in [-0.05, 0) is 42.8 Å². The summed E-state index contributed by atoms with van der Waals surface area (Å²) in [5.74, 6) is -0.814. The zero-order chi connectivity index (χ0) is 17.1. The molecule has 1 heterocycles. The summed E-state index contributed by atoms with van der Waals surface area (Å²) in [6.45, 7) is 1.88. The van der Waals surface area contributed by atoms with E-state index in [0.717, 1.165) is 17.3 Å². The molecule has 6 heteroatoms. The highest BCUT2D eigenvalue weighted by molar-refractivity contribution is 6.33. The minimum absolute atomic E-state index is 0.0927. The highest BCUT2D eigenvalue weighted by Crippen LogP contribution is 2.20. The first kappa shape index (κ1) is 16.2. The normalized spacial score (nSPS) is 12.0. The van der Waals surface area contributed by atoms with Gasteiger partial charge in [0, 0.05) is 18.1 Å². The lowest BCUT2D eigenvalue weighted by atomic mass is 10.1. The highest BCUT2D eigenvalue weighted by Gasteiger charge is 2.14. The Kier molecular flexibility index (Phi) is 4.62. The van der Waals surface area contributed by atoms with E-state index in [0.29, 0.717) is 0 Å². The molecular weight excluding hydrogens is 329 g/mol. The molecule has 122 valence electrons. The Morgan fingerprint density at radius 1 is 1.25 bits per heavy atom. The SMILES string of the molecule is CC(NC(=O)c1ccc(F)cc1Cl)c1ccc(-n2ccnc2)cc1. The second-order valence-corrected chi connectivity index (χ2v) is 5.79. The molecule has 1 atom stereocenters. The molecular formula is C18H15ClFN3O. The van der Waals surface area contributed by atoms with E-state index in [1.54, 1.807) is 12.5 Å². The topological polar surface area (TPSA) is 46.9 Å². The van der Waals surface area contributed by atoms with E-state index in [4.69, 9.17) is 11.6 Å². The number of nitrogens with zero attached hydrogens (tertiary/aromatic N) is 2. The molecule has 0 bridgehead atoms. The Bertz CT molecular complexity index is 847. The number of nitrogens with one attached hydrogen (secondary N) is 1. The van der Waals surface area contributed by atoms with Gasteiger partial charge in [-0.3, -0.25) is 4.79 Å². The van der Waals surface area contributed by atoms with Gasteiger partial charge in [0.15, 0.2) is 0 Å². The highest BCUT2D eigenvalue weighted by atomic mass is 35.5. The quantitative estimate of drug-likeness (QED) is 0.773. The van der Waals surface area contributed by atoms with E-state index in [2.05, 4.69) is 10.3 Å². The number of rotatable bonds is 4. The van der Waals surface area contributed by atoms with Crippen LogP contribution in [-0.2, 0) is 0 Å². The first-order valence-electron chi connectivity index (χ1n) is 7.39. The summed E-state index contributed by atoms with van der Waals surface area (Å²) in [5, 5.41) is 2.95. The van der Waals surface area contributed by atoms with Crippen molar-refractivity contribution >= 4 is 17.5 Å². The lowest BCUT2D eigenvalue weighted by Crippen LogP contribution is -2.26. The zero-order valence-corrected chi connectivity index (χ0v) is 13.7. The first-order valence-corrected chi connectivity index (χ1v) is 7.76. The summed E-state index contributed by atoms with van der Waals surface area (Å²) < 4.78 is 15.0. The number of benzene rings is 2. The van der Waals surface area contributed by atoms with Crippen LogP contribution in [0.4, 0.5) is 4.39 Å². The fourth-order valence-electron chi connectivity index (χ4n) is 2.38. The summed E-state index contributed by atoms with van der Waals surface area (Å²) in [6.07, 6.45) is 5.29. The molecule has 0 spiro atoms. The zero-order valence-electron chi connectivity index (χ0n) is 12.9. The maximum atomic E-state index is 13.1. The Morgan fingerprint density at radius 3 is 2.62 bits per heavy atom. The maximum absolute atomic E-state index is 13.1. The van der Waals surface area contributed by atoms with E-state index < -0.39 is 5.82 Å². The second-order valence-electron chi connectivity index (χ2n) is 5.38. The summed E-state index contributed by atoms with van der Waals surface area (Å²) >= 11 is 5.92. The van der Waals surface area contributed by atoms with Gasteiger partial charge < -0.3 is 9.88 Å². The molecule has 2 aromatic carbocycles. The van der Waals surface area contributed by atoms with Crippen molar-refractivity contribution in [3.63, 3.8) is 0 Å². The average molecular weight is 344 g/mol. The van der Waals surface area contributed by atoms with Crippen molar-refractivity contribution in [2.75, 3.05) is 0 Å². The van der Waals surface area contributed by atoms with Crippen molar-refractivity contribution in [1.82, 2.24) is 14.9 Å². The predicted molar refractivity (Wildman–Crippen MR) is 90.9 cm³/mol. The summed E-state index contributed by atoms with van der Waals surface area (Å²) in [6, 6.07) is 11.3. The molecule has 1 aromatic heterocycles. The molecule has 0 saturated heterocycles. The number of carbonyl (C=O) groups is 1. The Balaban J connectivity index is 1.72. The second kappa shape index (κ2) is 6.84.